The molecule has 0 spiro atoms. The Morgan fingerprint density at radius 2 is 2.11 bits per heavy atom. The molecule has 0 amide bonds. The zero-order chi connectivity index (χ0) is 13.0. The molecule has 1 aromatic heterocycles. The number of nitro benzene ring substituents is 1. The van der Waals surface area contributed by atoms with Gasteiger partial charge < -0.3 is 9.84 Å². The molecule has 0 bridgehead atoms. The summed E-state index contributed by atoms with van der Waals surface area (Å²) in [6.07, 6.45) is 1.65. The molecule has 2 rings (SSSR count). The summed E-state index contributed by atoms with van der Waals surface area (Å²) >= 11 is 0. The summed E-state index contributed by atoms with van der Waals surface area (Å²) < 4.78 is 5.19. The Balaban J connectivity index is 2.25. The Morgan fingerprint density at radius 3 is 2.72 bits per heavy atom. The normalized spacial score (nSPS) is 10.5. The van der Waals surface area contributed by atoms with Crippen molar-refractivity contribution in [2.75, 3.05) is 6.54 Å². The minimum absolute atomic E-state index is 0.0616. The van der Waals surface area contributed by atoms with Crippen molar-refractivity contribution in [3.05, 3.63) is 46.1 Å². The molecule has 94 valence electrons. The Labute approximate surface area is 104 Å². The third-order valence-electron chi connectivity index (χ3n) is 2.55. The predicted octanol–water partition coefficient (Wildman–Crippen LogP) is 2.36. The standard InChI is InChI=1S/C12H13N3O3/c1-2-13-7-10-8-14-18-12(10)9-3-5-11(6-4-9)15(16)17/h3-6,8,13H,2,7H2,1H3. The maximum Gasteiger partial charge on any atom is 0.269 e. The number of nitrogens with zero attached hydrogens (tertiary/aromatic N) is 2. The SMILES string of the molecule is CCNCc1cnoc1-c1ccc([N+](=O)[O-])cc1. The Morgan fingerprint density at radius 1 is 1.39 bits per heavy atom. The molecule has 18 heavy (non-hydrogen) atoms. The number of nitrogens with one attached hydrogen (secondary N) is 1. The predicted molar refractivity (Wildman–Crippen MR) is 66.0 cm³/mol. The van der Waals surface area contributed by atoms with Crippen molar-refractivity contribution in [2.45, 2.75) is 13.5 Å². The molecule has 0 saturated heterocycles. The van der Waals surface area contributed by atoms with Gasteiger partial charge in [-0.2, -0.15) is 0 Å². The first-order valence-corrected chi connectivity index (χ1v) is 5.61. The van der Waals surface area contributed by atoms with Crippen LogP contribution in [0.25, 0.3) is 11.3 Å². The highest BCUT2D eigenvalue weighted by Crippen LogP contribution is 2.25. The van der Waals surface area contributed by atoms with E-state index in [1.807, 2.05) is 6.92 Å². The Hall–Kier alpha value is -2.21. The molecule has 0 atom stereocenters. The van der Waals surface area contributed by atoms with E-state index in [0.717, 1.165) is 17.7 Å². The van der Waals surface area contributed by atoms with E-state index >= 15 is 0 Å². The zero-order valence-electron chi connectivity index (χ0n) is 9.92. The van der Waals surface area contributed by atoms with Crippen LogP contribution < -0.4 is 5.32 Å². The van der Waals surface area contributed by atoms with E-state index in [-0.39, 0.29) is 5.69 Å². The van der Waals surface area contributed by atoms with Crippen molar-refractivity contribution in [1.82, 2.24) is 10.5 Å². The molecule has 0 aliphatic heterocycles. The first-order valence-electron chi connectivity index (χ1n) is 5.61. The topological polar surface area (TPSA) is 81.2 Å². The Bertz CT molecular complexity index is 534. The summed E-state index contributed by atoms with van der Waals surface area (Å²) in [5, 5.41) is 17.5. The van der Waals surface area contributed by atoms with E-state index in [4.69, 9.17) is 4.52 Å². The van der Waals surface area contributed by atoms with E-state index in [1.165, 1.54) is 12.1 Å². The van der Waals surface area contributed by atoms with Crippen LogP contribution in [0.15, 0.2) is 35.0 Å². The second-order valence-electron chi connectivity index (χ2n) is 3.76. The summed E-state index contributed by atoms with van der Waals surface area (Å²) in [6.45, 7) is 3.52. The zero-order valence-corrected chi connectivity index (χ0v) is 9.92. The first-order chi connectivity index (χ1) is 8.72. The highest BCUT2D eigenvalue weighted by molar-refractivity contribution is 5.62. The van der Waals surface area contributed by atoms with Crippen LogP contribution >= 0.6 is 0 Å². The molecule has 1 aromatic carbocycles. The van der Waals surface area contributed by atoms with Crippen LogP contribution in [0.4, 0.5) is 5.69 Å². The average molecular weight is 247 g/mol. The van der Waals surface area contributed by atoms with Crippen molar-refractivity contribution in [2.24, 2.45) is 0 Å². The highest BCUT2D eigenvalue weighted by Gasteiger charge is 2.12. The number of hydrogen-bond acceptors (Lipinski definition) is 5. The van der Waals surface area contributed by atoms with Crippen LogP contribution in [0.2, 0.25) is 0 Å². The first kappa shape index (κ1) is 12.3. The minimum Gasteiger partial charge on any atom is -0.356 e. The van der Waals surface area contributed by atoms with Gasteiger partial charge in [-0.3, -0.25) is 10.1 Å². The molecule has 1 heterocycles. The van der Waals surface area contributed by atoms with Gasteiger partial charge in [0.1, 0.15) is 0 Å². The van der Waals surface area contributed by atoms with Crippen molar-refractivity contribution >= 4 is 5.69 Å². The van der Waals surface area contributed by atoms with Crippen LogP contribution in [0.3, 0.4) is 0 Å². The fraction of sp³-hybridized carbons (Fsp3) is 0.250. The molecule has 0 aliphatic carbocycles. The van der Waals surface area contributed by atoms with Gasteiger partial charge in [0.15, 0.2) is 5.76 Å². The lowest BCUT2D eigenvalue weighted by Gasteiger charge is -2.01. The largest absolute Gasteiger partial charge is 0.356 e. The molecular weight excluding hydrogens is 234 g/mol. The van der Waals surface area contributed by atoms with E-state index in [1.54, 1.807) is 18.3 Å². The molecule has 2 aromatic rings. The van der Waals surface area contributed by atoms with Gasteiger partial charge in [-0.15, -0.1) is 0 Å². The number of aromatic nitrogens is 1. The molecular formula is C12H13N3O3. The molecule has 1 N–H and O–H groups in total. The van der Waals surface area contributed by atoms with Crippen LogP contribution in [-0.2, 0) is 6.54 Å². The van der Waals surface area contributed by atoms with Gasteiger partial charge in [0.2, 0.25) is 0 Å². The third-order valence-corrected chi connectivity index (χ3v) is 2.55. The summed E-state index contributed by atoms with van der Waals surface area (Å²) in [5.74, 6) is 0.644. The second-order valence-corrected chi connectivity index (χ2v) is 3.76. The molecule has 6 heteroatoms. The van der Waals surface area contributed by atoms with Crippen molar-refractivity contribution < 1.29 is 9.45 Å². The summed E-state index contributed by atoms with van der Waals surface area (Å²) in [5.41, 5.74) is 1.78. The maximum absolute atomic E-state index is 10.6. The van der Waals surface area contributed by atoms with Gasteiger partial charge in [-0.25, -0.2) is 0 Å². The van der Waals surface area contributed by atoms with Crippen LogP contribution in [0, 0.1) is 10.1 Å². The number of nitro groups is 1. The summed E-state index contributed by atoms with van der Waals surface area (Å²) in [6, 6.07) is 6.23. The fourth-order valence-electron chi connectivity index (χ4n) is 1.62. The number of hydrogen-bond donors (Lipinski definition) is 1. The van der Waals surface area contributed by atoms with Crippen LogP contribution in [-0.4, -0.2) is 16.6 Å². The lowest BCUT2D eigenvalue weighted by atomic mass is 10.1. The second kappa shape index (κ2) is 5.42. The number of non-ortho nitro benzene ring substituents is 1. The van der Waals surface area contributed by atoms with Gasteiger partial charge in [-0.1, -0.05) is 12.1 Å². The summed E-state index contributed by atoms with van der Waals surface area (Å²) in [7, 11) is 0. The smallest absolute Gasteiger partial charge is 0.269 e. The quantitative estimate of drug-likeness (QED) is 0.648. The lowest BCUT2D eigenvalue weighted by Crippen LogP contribution is -2.11. The van der Waals surface area contributed by atoms with Gasteiger partial charge in [0.25, 0.3) is 5.69 Å². The molecule has 0 aliphatic rings. The fourth-order valence-corrected chi connectivity index (χ4v) is 1.62. The molecule has 0 unspecified atom stereocenters. The van der Waals surface area contributed by atoms with E-state index in [2.05, 4.69) is 10.5 Å². The monoisotopic (exact) mass is 247 g/mol. The van der Waals surface area contributed by atoms with Crippen molar-refractivity contribution in [1.29, 1.82) is 0 Å². The molecule has 6 nitrogen and oxygen atoms in total. The highest BCUT2D eigenvalue weighted by atomic mass is 16.6. The molecule has 0 radical (unpaired) electrons. The number of rotatable bonds is 5. The summed E-state index contributed by atoms with van der Waals surface area (Å²) in [4.78, 5) is 10.1. The van der Waals surface area contributed by atoms with Crippen LogP contribution in [0.5, 0.6) is 0 Å². The van der Waals surface area contributed by atoms with Gasteiger partial charge in [-0.05, 0) is 18.7 Å². The Kier molecular flexibility index (Phi) is 3.69. The van der Waals surface area contributed by atoms with Gasteiger partial charge in [0.05, 0.1) is 11.1 Å². The number of benzene rings is 1. The van der Waals surface area contributed by atoms with Crippen molar-refractivity contribution in [3.8, 4) is 11.3 Å². The molecule has 0 saturated carbocycles. The van der Waals surface area contributed by atoms with Gasteiger partial charge in [0, 0.05) is 29.8 Å². The minimum atomic E-state index is -0.427. The van der Waals surface area contributed by atoms with E-state index in [0.29, 0.717) is 12.3 Å². The average Bonchev–Trinajstić information content (AvgIpc) is 2.84. The third kappa shape index (κ3) is 2.54. The van der Waals surface area contributed by atoms with Crippen LogP contribution in [0.1, 0.15) is 12.5 Å². The maximum atomic E-state index is 10.6. The van der Waals surface area contributed by atoms with Crippen molar-refractivity contribution in [3.63, 3.8) is 0 Å². The van der Waals surface area contributed by atoms with E-state index < -0.39 is 4.92 Å². The molecule has 0 fully saturated rings. The van der Waals surface area contributed by atoms with Gasteiger partial charge >= 0.3 is 0 Å². The van der Waals surface area contributed by atoms with E-state index in [9.17, 15) is 10.1 Å². The lowest BCUT2D eigenvalue weighted by molar-refractivity contribution is -0.384.